The molecule has 7 nitrogen and oxygen atoms in total. The smallest absolute Gasteiger partial charge is 0.265 e. The zero-order valence-electron chi connectivity index (χ0n) is 20.3. The molecule has 0 atom stereocenters. The average molecular weight is 491 g/mol. The first-order valence-corrected chi connectivity index (χ1v) is 12.9. The van der Waals surface area contributed by atoms with Gasteiger partial charge in [-0.25, -0.2) is 9.37 Å². The van der Waals surface area contributed by atoms with Crippen molar-refractivity contribution < 1.29 is 13.9 Å². The topological polar surface area (TPSA) is 76.5 Å². The van der Waals surface area contributed by atoms with E-state index in [-0.39, 0.29) is 28.9 Å². The molecule has 1 aliphatic heterocycles. The number of benzene rings is 1. The zero-order valence-corrected chi connectivity index (χ0v) is 20.3. The number of pyridine rings is 2. The first-order chi connectivity index (χ1) is 17.5. The van der Waals surface area contributed by atoms with E-state index in [1.165, 1.54) is 31.4 Å². The van der Waals surface area contributed by atoms with Crippen molar-refractivity contribution in [2.45, 2.75) is 44.7 Å². The summed E-state index contributed by atoms with van der Waals surface area (Å²) in [6.07, 6.45) is 7.50. The Kier molecular flexibility index (Phi) is 6.09. The lowest BCUT2D eigenvalue weighted by Gasteiger charge is -2.54. The molecule has 3 aliphatic rings. The Hall–Kier alpha value is -3.10. The van der Waals surface area contributed by atoms with Crippen LogP contribution in [0.4, 0.5) is 4.39 Å². The zero-order chi connectivity index (χ0) is 24.7. The number of amides is 1. The molecular weight excluding hydrogens is 459 g/mol. The highest BCUT2D eigenvalue weighted by molar-refractivity contribution is 5.97. The Morgan fingerprint density at radius 2 is 1.83 bits per heavy atom. The molecular formula is C28H31FN4O3. The number of carbonyl (C=O) groups is 1. The molecule has 3 fully saturated rings. The van der Waals surface area contributed by atoms with Crippen molar-refractivity contribution in [1.82, 2.24) is 19.8 Å². The Morgan fingerprint density at radius 3 is 2.53 bits per heavy atom. The highest BCUT2D eigenvalue weighted by atomic mass is 19.1. The summed E-state index contributed by atoms with van der Waals surface area (Å²) in [5, 5.41) is 3.82. The second-order valence-electron chi connectivity index (χ2n) is 10.5. The summed E-state index contributed by atoms with van der Waals surface area (Å²) < 4.78 is 20.5. The van der Waals surface area contributed by atoms with Crippen molar-refractivity contribution in [3.05, 3.63) is 64.3 Å². The predicted octanol–water partition coefficient (Wildman–Crippen LogP) is 3.60. The van der Waals surface area contributed by atoms with Crippen LogP contribution in [0, 0.1) is 11.2 Å². The molecule has 8 heteroatoms. The van der Waals surface area contributed by atoms with Crippen LogP contribution in [0.15, 0.2) is 47.4 Å². The third-order valence-corrected chi connectivity index (χ3v) is 8.20. The van der Waals surface area contributed by atoms with Crippen molar-refractivity contribution in [3.8, 4) is 11.1 Å². The van der Waals surface area contributed by atoms with Crippen molar-refractivity contribution in [1.29, 1.82) is 0 Å². The van der Waals surface area contributed by atoms with E-state index in [0.717, 1.165) is 37.1 Å². The van der Waals surface area contributed by atoms with Crippen LogP contribution in [0.2, 0.25) is 0 Å². The highest BCUT2D eigenvalue weighted by Gasteiger charge is 2.48. The molecule has 2 aromatic heterocycles. The van der Waals surface area contributed by atoms with Crippen molar-refractivity contribution in [3.63, 3.8) is 0 Å². The van der Waals surface area contributed by atoms with Gasteiger partial charge in [-0.2, -0.15) is 0 Å². The quantitative estimate of drug-likeness (QED) is 0.572. The number of morpholine rings is 1. The van der Waals surface area contributed by atoms with Crippen LogP contribution in [-0.2, 0) is 11.3 Å². The molecule has 2 aliphatic carbocycles. The lowest BCUT2D eigenvalue weighted by Crippen LogP contribution is -2.54. The van der Waals surface area contributed by atoms with E-state index >= 15 is 0 Å². The summed E-state index contributed by atoms with van der Waals surface area (Å²) in [7, 11) is 0. The lowest BCUT2D eigenvalue weighted by atomic mass is 9.54. The molecule has 1 N–H and O–H groups in total. The number of ether oxygens (including phenoxy) is 1. The maximum absolute atomic E-state index is 13.5. The fraction of sp³-hybridized carbons (Fsp3) is 0.464. The predicted molar refractivity (Wildman–Crippen MR) is 135 cm³/mol. The summed E-state index contributed by atoms with van der Waals surface area (Å²) >= 11 is 0. The number of fused-ring (bicyclic) bond motifs is 1. The van der Waals surface area contributed by atoms with E-state index < -0.39 is 0 Å². The number of hydrogen-bond acceptors (Lipinski definition) is 5. The minimum absolute atomic E-state index is 0.137. The molecule has 188 valence electrons. The molecule has 0 unspecified atom stereocenters. The molecule has 0 radical (unpaired) electrons. The van der Waals surface area contributed by atoms with Gasteiger partial charge in [0.1, 0.15) is 17.0 Å². The number of halogens is 1. The molecule has 2 saturated carbocycles. The van der Waals surface area contributed by atoms with Crippen molar-refractivity contribution in [2.75, 3.05) is 32.8 Å². The molecule has 1 amide bonds. The van der Waals surface area contributed by atoms with Crippen LogP contribution >= 0.6 is 0 Å². The monoisotopic (exact) mass is 490 g/mol. The number of nitrogens with one attached hydrogen (secondary N) is 1. The first kappa shape index (κ1) is 23.3. The molecule has 3 heterocycles. The van der Waals surface area contributed by atoms with Gasteiger partial charge in [0.15, 0.2) is 0 Å². The van der Waals surface area contributed by atoms with Gasteiger partial charge >= 0.3 is 0 Å². The van der Waals surface area contributed by atoms with Gasteiger partial charge in [-0.3, -0.25) is 19.1 Å². The van der Waals surface area contributed by atoms with E-state index in [1.54, 1.807) is 29.0 Å². The van der Waals surface area contributed by atoms with Crippen LogP contribution in [0.3, 0.4) is 0 Å². The largest absolute Gasteiger partial charge is 0.379 e. The van der Waals surface area contributed by atoms with Gasteiger partial charge < -0.3 is 10.1 Å². The summed E-state index contributed by atoms with van der Waals surface area (Å²) in [5.41, 5.74) is 2.45. The molecule has 1 spiro atoms. The Morgan fingerprint density at radius 1 is 1.08 bits per heavy atom. The maximum Gasteiger partial charge on any atom is 0.265 e. The number of carbonyl (C=O) groups excluding carboxylic acids is 1. The number of nitrogens with zero attached hydrogens (tertiary/aromatic N) is 3. The van der Waals surface area contributed by atoms with Gasteiger partial charge in [0.2, 0.25) is 0 Å². The second kappa shape index (κ2) is 9.41. The van der Waals surface area contributed by atoms with Gasteiger partial charge in [0, 0.05) is 49.4 Å². The van der Waals surface area contributed by atoms with Crippen LogP contribution in [0.25, 0.3) is 22.2 Å². The fourth-order valence-electron chi connectivity index (χ4n) is 5.94. The van der Waals surface area contributed by atoms with E-state index in [4.69, 9.17) is 4.74 Å². The van der Waals surface area contributed by atoms with Crippen LogP contribution in [-0.4, -0.2) is 59.2 Å². The van der Waals surface area contributed by atoms with E-state index in [0.29, 0.717) is 42.8 Å². The average Bonchev–Trinajstić information content (AvgIpc) is 2.84. The van der Waals surface area contributed by atoms with Gasteiger partial charge in [0.25, 0.3) is 11.5 Å². The van der Waals surface area contributed by atoms with Gasteiger partial charge in [-0.15, -0.1) is 0 Å². The summed E-state index contributed by atoms with van der Waals surface area (Å²) in [4.78, 5) is 33.7. The maximum atomic E-state index is 13.5. The molecule has 1 saturated heterocycles. The van der Waals surface area contributed by atoms with E-state index in [1.807, 2.05) is 6.07 Å². The van der Waals surface area contributed by atoms with Crippen LogP contribution in [0.1, 0.15) is 42.5 Å². The summed E-state index contributed by atoms with van der Waals surface area (Å²) in [5.74, 6) is -0.614. The number of rotatable bonds is 6. The highest BCUT2D eigenvalue weighted by Crippen LogP contribution is 2.55. The Labute approximate surface area is 209 Å². The second-order valence-corrected chi connectivity index (χ2v) is 10.5. The number of aromatic nitrogens is 2. The SMILES string of the molecule is O=C(NC1CC2(CCC2)C1)c1cc2cc(-c3ccc(F)cc3)cnc2n(CCN2CCOCC2)c1=O. The standard InChI is InChI=1S/C28H31FN4O3/c29-22-4-2-19(3-5-22)21-14-20-15-24(26(34)31-23-16-28(17-23)6-1-7-28)27(35)33(25(20)30-18-21)9-8-32-10-12-36-13-11-32/h2-5,14-15,18,23H,1,6-13,16-17H2,(H,31,34). The molecule has 6 rings (SSSR count). The molecule has 1 aromatic carbocycles. The van der Waals surface area contributed by atoms with E-state index in [9.17, 15) is 14.0 Å². The Balaban J connectivity index is 1.33. The molecule has 3 aromatic rings. The van der Waals surface area contributed by atoms with Gasteiger partial charge in [0.05, 0.1) is 13.2 Å². The minimum Gasteiger partial charge on any atom is -0.379 e. The van der Waals surface area contributed by atoms with Gasteiger partial charge in [-0.05, 0) is 60.9 Å². The normalized spacial score (nSPS) is 19.7. The molecule has 0 bridgehead atoms. The van der Waals surface area contributed by atoms with Crippen molar-refractivity contribution in [2.24, 2.45) is 5.41 Å². The van der Waals surface area contributed by atoms with Crippen molar-refractivity contribution >= 4 is 16.9 Å². The minimum atomic E-state index is -0.312. The van der Waals surface area contributed by atoms with Gasteiger partial charge in [-0.1, -0.05) is 18.6 Å². The molecule has 36 heavy (non-hydrogen) atoms. The van der Waals surface area contributed by atoms with E-state index in [2.05, 4.69) is 15.2 Å². The Bertz CT molecular complexity index is 1340. The summed E-state index contributed by atoms with van der Waals surface area (Å²) in [6, 6.07) is 9.95. The summed E-state index contributed by atoms with van der Waals surface area (Å²) in [6.45, 7) is 4.11. The lowest BCUT2D eigenvalue weighted by molar-refractivity contribution is -0.000652. The third-order valence-electron chi connectivity index (χ3n) is 8.20. The number of hydrogen-bond donors (Lipinski definition) is 1. The van der Waals surface area contributed by atoms with Crippen LogP contribution < -0.4 is 10.9 Å². The van der Waals surface area contributed by atoms with Crippen LogP contribution in [0.5, 0.6) is 0 Å². The third kappa shape index (κ3) is 4.44. The first-order valence-electron chi connectivity index (χ1n) is 12.9. The fourth-order valence-corrected chi connectivity index (χ4v) is 5.94.